The van der Waals surface area contributed by atoms with Gasteiger partial charge in [0.25, 0.3) is 0 Å². The van der Waals surface area contributed by atoms with Crippen molar-refractivity contribution in [2.75, 3.05) is 7.05 Å². The molecule has 0 saturated heterocycles. The van der Waals surface area contributed by atoms with Crippen LogP contribution in [-0.4, -0.2) is 16.8 Å². The molecule has 1 aromatic heterocycles. The molecule has 5 heteroatoms. The molecule has 21 heavy (non-hydrogen) atoms. The second-order valence-corrected chi connectivity index (χ2v) is 5.37. The quantitative estimate of drug-likeness (QED) is 0.886. The summed E-state index contributed by atoms with van der Waals surface area (Å²) in [4.78, 5) is 0. The summed E-state index contributed by atoms with van der Waals surface area (Å²) in [7, 11) is 1.85. The smallest absolute Gasteiger partial charge is 0.165 e. The van der Waals surface area contributed by atoms with Gasteiger partial charge in [-0.15, -0.1) is 0 Å². The Labute approximate surface area is 124 Å². The van der Waals surface area contributed by atoms with Gasteiger partial charge in [-0.05, 0) is 51.6 Å². The van der Waals surface area contributed by atoms with Crippen molar-refractivity contribution in [2.45, 2.75) is 39.5 Å². The Hall–Kier alpha value is -1.88. The fraction of sp³-hybridized carbons (Fsp3) is 0.438. The number of halogens is 1. The molecule has 0 radical (unpaired) electrons. The van der Waals surface area contributed by atoms with Gasteiger partial charge in [0.15, 0.2) is 11.6 Å². The molecule has 0 aliphatic carbocycles. The van der Waals surface area contributed by atoms with Crippen LogP contribution in [0, 0.1) is 5.82 Å². The van der Waals surface area contributed by atoms with E-state index >= 15 is 0 Å². The molecule has 0 fully saturated rings. The van der Waals surface area contributed by atoms with E-state index < -0.39 is 0 Å². The van der Waals surface area contributed by atoms with Gasteiger partial charge in [-0.2, -0.15) is 5.10 Å². The van der Waals surface area contributed by atoms with Gasteiger partial charge in [-0.1, -0.05) is 6.07 Å². The molecule has 1 aromatic carbocycles. The van der Waals surface area contributed by atoms with Crippen LogP contribution in [0.1, 0.15) is 44.1 Å². The number of rotatable bonds is 6. The van der Waals surface area contributed by atoms with Gasteiger partial charge in [0.05, 0.1) is 5.69 Å². The first kappa shape index (κ1) is 15.5. The van der Waals surface area contributed by atoms with Crippen molar-refractivity contribution in [3.63, 3.8) is 0 Å². The van der Waals surface area contributed by atoms with Gasteiger partial charge in [0.1, 0.15) is 6.61 Å². The predicted octanol–water partition coefficient (Wildman–Crippen LogP) is 3.46. The first-order valence-corrected chi connectivity index (χ1v) is 7.14. The highest BCUT2D eigenvalue weighted by molar-refractivity contribution is 5.31. The van der Waals surface area contributed by atoms with Crippen molar-refractivity contribution in [2.24, 2.45) is 0 Å². The Balaban J connectivity index is 2.02. The van der Waals surface area contributed by atoms with Crippen LogP contribution >= 0.6 is 0 Å². The van der Waals surface area contributed by atoms with Gasteiger partial charge in [-0.25, -0.2) is 4.39 Å². The van der Waals surface area contributed by atoms with Crippen LogP contribution in [0.3, 0.4) is 0 Å². The summed E-state index contributed by atoms with van der Waals surface area (Å²) in [6.07, 6.45) is 1.90. The van der Waals surface area contributed by atoms with Crippen LogP contribution in [0.5, 0.6) is 5.75 Å². The molecule has 2 aromatic rings. The SMILES string of the molecule is CNC(C)c1ccc(OCc2ccn(C(C)C)n2)c(F)c1. The number of nitrogens with one attached hydrogen (secondary N) is 1. The molecule has 2 rings (SSSR count). The van der Waals surface area contributed by atoms with E-state index in [9.17, 15) is 4.39 Å². The summed E-state index contributed by atoms with van der Waals surface area (Å²) in [5, 5.41) is 7.45. The maximum absolute atomic E-state index is 14.0. The van der Waals surface area contributed by atoms with Crippen molar-refractivity contribution < 1.29 is 9.13 Å². The lowest BCUT2D eigenvalue weighted by atomic mass is 10.1. The van der Waals surface area contributed by atoms with Crippen molar-refractivity contribution in [3.8, 4) is 5.75 Å². The number of nitrogens with zero attached hydrogens (tertiary/aromatic N) is 2. The van der Waals surface area contributed by atoms with Crippen molar-refractivity contribution in [1.29, 1.82) is 0 Å². The van der Waals surface area contributed by atoms with Gasteiger partial charge in [0.2, 0.25) is 0 Å². The first-order chi connectivity index (χ1) is 10.0. The zero-order valence-corrected chi connectivity index (χ0v) is 12.9. The molecule has 114 valence electrons. The molecule has 0 spiro atoms. The summed E-state index contributed by atoms with van der Waals surface area (Å²) in [5.74, 6) is -0.0981. The van der Waals surface area contributed by atoms with Crippen molar-refractivity contribution >= 4 is 0 Å². The van der Waals surface area contributed by atoms with Gasteiger partial charge < -0.3 is 10.1 Å². The lowest BCUT2D eigenvalue weighted by Gasteiger charge is -2.12. The van der Waals surface area contributed by atoms with Crippen LogP contribution in [-0.2, 0) is 6.61 Å². The van der Waals surface area contributed by atoms with Crippen LogP contribution in [0.15, 0.2) is 30.5 Å². The highest BCUT2D eigenvalue weighted by atomic mass is 19.1. The van der Waals surface area contributed by atoms with Crippen molar-refractivity contribution in [1.82, 2.24) is 15.1 Å². The molecule has 1 heterocycles. The second-order valence-electron chi connectivity index (χ2n) is 5.37. The van der Waals surface area contributed by atoms with Gasteiger partial charge in [0, 0.05) is 18.3 Å². The van der Waals surface area contributed by atoms with Gasteiger partial charge in [-0.3, -0.25) is 4.68 Å². The van der Waals surface area contributed by atoms with E-state index in [-0.39, 0.29) is 24.2 Å². The largest absolute Gasteiger partial charge is 0.484 e. The molecule has 0 saturated carbocycles. The minimum absolute atomic E-state index is 0.107. The van der Waals surface area contributed by atoms with E-state index in [2.05, 4.69) is 24.3 Å². The van der Waals surface area contributed by atoms with E-state index in [0.717, 1.165) is 11.3 Å². The molecule has 0 aliphatic heterocycles. The molecule has 1 N–H and O–H groups in total. The number of benzene rings is 1. The number of hydrogen-bond donors (Lipinski definition) is 1. The summed E-state index contributed by atoms with van der Waals surface area (Å²) in [6.45, 7) is 6.35. The van der Waals surface area contributed by atoms with Crippen LogP contribution in [0.4, 0.5) is 4.39 Å². The molecule has 4 nitrogen and oxygen atoms in total. The Morgan fingerprint density at radius 1 is 1.29 bits per heavy atom. The van der Waals surface area contributed by atoms with E-state index in [1.54, 1.807) is 6.07 Å². The summed E-state index contributed by atoms with van der Waals surface area (Å²) >= 11 is 0. The second kappa shape index (κ2) is 6.72. The molecule has 0 amide bonds. The minimum atomic E-state index is -0.349. The standard InChI is InChI=1S/C16H22FN3O/c1-11(2)20-8-7-14(19-20)10-21-16-6-5-13(9-15(16)17)12(3)18-4/h5-9,11-12,18H,10H2,1-4H3. The highest BCUT2D eigenvalue weighted by Crippen LogP contribution is 2.22. The summed E-state index contributed by atoms with van der Waals surface area (Å²) in [6, 6.07) is 7.33. The minimum Gasteiger partial charge on any atom is -0.484 e. The number of aromatic nitrogens is 2. The predicted molar refractivity (Wildman–Crippen MR) is 80.8 cm³/mol. The Morgan fingerprint density at radius 2 is 2.05 bits per heavy atom. The average molecular weight is 291 g/mol. The zero-order valence-electron chi connectivity index (χ0n) is 12.9. The van der Waals surface area contributed by atoms with E-state index in [1.165, 1.54) is 6.07 Å². The Bertz CT molecular complexity index is 595. The maximum Gasteiger partial charge on any atom is 0.165 e. The monoisotopic (exact) mass is 291 g/mol. The lowest BCUT2D eigenvalue weighted by Crippen LogP contribution is -2.12. The third kappa shape index (κ3) is 3.82. The molecular formula is C16H22FN3O. The summed E-state index contributed by atoms with van der Waals surface area (Å²) < 4.78 is 21.4. The highest BCUT2D eigenvalue weighted by Gasteiger charge is 2.10. The average Bonchev–Trinajstić information content (AvgIpc) is 2.94. The summed E-state index contributed by atoms with van der Waals surface area (Å²) in [5.41, 5.74) is 1.68. The van der Waals surface area contributed by atoms with Crippen LogP contribution < -0.4 is 10.1 Å². The number of ether oxygens (including phenoxy) is 1. The van der Waals surface area contributed by atoms with E-state index in [1.807, 2.05) is 37.0 Å². The topological polar surface area (TPSA) is 39.1 Å². The normalized spacial score (nSPS) is 12.7. The first-order valence-electron chi connectivity index (χ1n) is 7.14. The molecule has 0 bridgehead atoms. The Kier molecular flexibility index (Phi) is 4.96. The maximum atomic E-state index is 14.0. The third-order valence-electron chi connectivity index (χ3n) is 3.46. The zero-order chi connectivity index (χ0) is 15.4. The molecule has 1 unspecified atom stereocenters. The van der Waals surface area contributed by atoms with Crippen molar-refractivity contribution in [3.05, 3.63) is 47.5 Å². The lowest BCUT2D eigenvalue weighted by molar-refractivity contribution is 0.283. The van der Waals surface area contributed by atoms with Crippen LogP contribution in [0.25, 0.3) is 0 Å². The van der Waals surface area contributed by atoms with Gasteiger partial charge >= 0.3 is 0 Å². The van der Waals surface area contributed by atoms with E-state index in [0.29, 0.717) is 6.04 Å². The molecule has 1 atom stereocenters. The van der Waals surface area contributed by atoms with Crippen LogP contribution in [0.2, 0.25) is 0 Å². The fourth-order valence-electron chi connectivity index (χ4n) is 1.96. The number of hydrogen-bond acceptors (Lipinski definition) is 3. The molecular weight excluding hydrogens is 269 g/mol. The molecule has 0 aliphatic rings. The third-order valence-corrected chi connectivity index (χ3v) is 3.46. The van der Waals surface area contributed by atoms with E-state index in [4.69, 9.17) is 4.74 Å². The Morgan fingerprint density at radius 3 is 2.62 bits per heavy atom. The fourth-order valence-corrected chi connectivity index (χ4v) is 1.96.